The molecule has 2 fully saturated rings. The molecule has 1 saturated heterocycles. The van der Waals surface area contributed by atoms with Crippen molar-refractivity contribution in [1.82, 2.24) is 9.80 Å². The molecule has 1 aliphatic carbocycles. The Bertz CT molecular complexity index is 259. The largest absolute Gasteiger partial charge is 0.393 e. The second kappa shape index (κ2) is 6.36. The van der Waals surface area contributed by atoms with Gasteiger partial charge in [0.05, 0.1) is 6.10 Å². The highest BCUT2D eigenvalue weighted by atomic mass is 16.3. The summed E-state index contributed by atoms with van der Waals surface area (Å²) in [5.41, 5.74) is 0. The Balaban J connectivity index is 1.82. The van der Waals surface area contributed by atoms with Crippen molar-refractivity contribution >= 4 is 0 Å². The van der Waals surface area contributed by atoms with Crippen LogP contribution in [0.3, 0.4) is 0 Å². The minimum atomic E-state index is -0.0549. The van der Waals surface area contributed by atoms with Crippen molar-refractivity contribution in [3.05, 3.63) is 0 Å². The predicted molar refractivity (Wildman–Crippen MR) is 75.7 cm³/mol. The summed E-state index contributed by atoms with van der Waals surface area (Å²) in [4.78, 5) is 5.12. The lowest BCUT2D eigenvalue weighted by Crippen LogP contribution is -2.53. The maximum absolute atomic E-state index is 10.1. The standard InChI is InChI=1S/C15H30N2O/c1-4-17-8-7-16(10-13(17)3)11-14-9-12(2)5-6-15(14)18/h12-15,18H,4-11H2,1-3H3. The Morgan fingerprint density at radius 3 is 2.61 bits per heavy atom. The van der Waals surface area contributed by atoms with Gasteiger partial charge in [-0.1, -0.05) is 13.8 Å². The monoisotopic (exact) mass is 254 g/mol. The van der Waals surface area contributed by atoms with Crippen molar-refractivity contribution in [3.63, 3.8) is 0 Å². The summed E-state index contributed by atoms with van der Waals surface area (Å²) in [7, 11) is 0. The van der Waals surface area contributed by atoms with Gasteiger partial charge in [-0.3, -0.25) is 4.90 Å². The van der Waals surface area contributed by atoms with Gasteiger partial charge in [-0.25, -0.2) is 0 Å². The lowest BCUT2D eigenvalue weighted by molar-refractivity contribution is 0.0103. The van der Waals surface area contributed by atoms with E-state index in [1.807, 2.05) is 0 Å². The van der Waals surface area contributed by atoms with Gasteiger partial charge >= 0.3 is 0 Å². The van der Waals surface area contributed by atoms with Gasteiger partial charge in [-0.2, -0.15) is 0 Å². The average molecular weight is 254 g/mol. The highest BCUT2D eigenvalue weighted by molar-refractivity contribution is 4.84. The zero-order valence-corrected chi connectivity index (χ0v) is 12.3. The number of piperazine rings is 1. The number of rotatable bonds is 3. The Morgan fingerprint density at radius 2 is 1.94 bits per heavy atom. The van der Waals surface area contributed by atoms with Crippen LogP contribution in [0.15, 0.2) is 0 Å². The van der Waals surface area contributed by atoms with Crippen molar-refractivity contribution in [1.29, 1.82) is 0 Å². The minimum Gasteiger partial charge on any atom is -0.393 e. The first-order valence-corrected chi connectivity index (χ1v) is 7.74. The van der Waals surface area contributed by atoms with Crippen LogP contribution in [0, 0.1) is 11.8 Å². The van der Waals surface area contributed by atoms with E-state index in [0.717, 1.165) is 25.4 Å². The molecule has 0 aromatic heterocycles. The molecular weight excluding hydrogens is 224 g/mol. The minimum absolute atomic E-state index is 0.0549. The van der Waals surface area contributed by atoms with Gasteiger partial charge in [-0.15, -0.1) is 0 Å². The third kappa shape index (κ3) is 3.46. The van der Waals surface area contributed by atoms with Gasteiger partial charge in [0.1, 0.15) is 0 Å². The molecule has 1 N–H and O–H groups in total. The van der Waals surface area contributed by atoms with Crippen LogP contribution >= 0.6 is 0 Å². The van der Waals surface area contributed by atoms with Crippen LogP contribution in [0.4, 0.5) is 0 Å². The van der Waals surface area contributed by atoms with Gasteiger partial charge in [0.25, 0.3) is 0 Å². The summed E-state index contributed by atoms with van der Waals surface area (Å²) in [6, 6.07) is 0.668. The summed E-state index contributed by atoms with van der Waals surface area (Å²) in [6.45, 7) is 12.7. The number of nitrogens with zero attached hydrogens (tertiary/aromatic N) is 2. The van der Waals surface area contributed by atoms with Crippen LogP contribution in [0.25, 0.3) is 0 Å². The summed E-state index contributed by atoms with van der Waals surface area (Å²) in [5, 5.41) is 10.1. The third-order valence-electron chi connectivity index (χ3n) is 4.95. The number of aliphatic hydroxyl groups is 1. The Morgan fingerprint density at radius 1 is 1.17 bits per heavy atom. The van der Waals surface area contributed by atoms with Crippen LogP contribution in [0.5, 0.6) is 0 Å². The first kappa shape index (κ1) is 14.3. The van der Waals surface area contributed by atoms with Gasteiger partial charge in [0.15, 0.2) is 0 Å². The summed E-state index contributed by atoms with van der Waals surface area (Å²) in [6.07, 6.45) is 3.37. The summed E-state index contributed by atoms with van der Waals surface area (Å²) in [5.74, 6) is 1.31. The molecule has 1 heterocycles. The molecule has 0 amide bonds. The van der Waals surface area contributed by atoms with E-state index in [1.165, 1.54) is 32.5 Å². The maximum atomic E-state index is 10.1. The van der Waals surface area contributed by atoms with Crippen molar-refractivity contribution in [2.24, 2.45) is 11.8 Å². The smallest absolute Gasteiger partial charge is 0.0580 e. The highest BCUT2D eigenvalue weighted by Crippen LogP contribution is 2.30. The molecule has 3 heteroatoms. The molecule has 2 aliphatic rings. The molecule has 4 atom stereocenters. The Hall–Kier alpha value is -0.120. The zero-order chi connectivity index (χ0) is 13.1. The van der Waals surface area contributed by atoms with Gasteiger partial charge in [0, 0.05) is 32.2 Å². The molecule has 0 radical (unpaired) electrons. The number of hydrogen-bond acceptors (Lipinski definition) is 3. The molecule has 1 saturated carbocycles. The first-order chi connectivity index (χ1) is 8.60. The van der Waals surface area contributed by atoms with E-state index >= 15 is 0 Å². The van der Waals surface area contributed by atoms with Crippen LogP contribution in [-0.4, -0.2) is 59.8 Å². The molecule has 4 unspecified atom stereocenters. The Kier molecular flexibility index (Phi) is 5.05. The highest BCUT2D eigenvalue weighted by Gasteiger charge is 2.30. The van der Waals surface area contributed by atoms with E-state index in [9.17, 15) is 5.11 Å². The molecular formula is C15H30N2O. The summed E-state index contributed by atoms with van der Waals surface area (Å²) >= 11 is 0. The Labute approximate surface area is 112 Å². The van der Waals surface area contributed by atoms with Crippen molar-refractivity contribution in [3.8, 4) is 0 Å². The molecule has 0 bridgehead atoms. The van der Waals surface area contributed by atoms with Gasteiger partial charge in [0.2, 0.25) is 0 Å². The fourth-order valence-corrected chi connectivity index (χ4v) is 3.72. The fourth-order valence-electron chi connectivity index (χ4n) is 3.72. The molecule has 0 spiro atoms. The lowest BCUT2D eigenvalue weighted by atomic mass is 9.80. The lowest BCUT2D eigenvalue weighted by Gasteiger charge is -2.42. The number of aliphatic hydroxyl groups excluding tert-OH is 1. The molecule has 2 rings (SSSR count). The van der Waals surface area contributed by atoms with Crippen molar-refractivity contribution < 1.29 is 5.11 Å². The van der Waals surface area contributed by atoms with Crippen LogP contribution < -0.4 is 0 Å². The summed E-state index contributed by atoms with van der Waals surface area (Å²) < 4.78 is 0. The van der Waals surface area contributed by atoms with E-state index in [-0.39, 0.29) is 6.10 Å². The quantitative estimate of drug-likeness (QED) is 0.832. The maximum Gasteiger partial charge on any atom is 0.0580 e. The molecule has 106 valence electrons. The first-order valence-electron chi connectivity index (χ1n) is 7.74. The van der Waals surface area contributed by atoms with E-state index in [0.29, 0.717) is 12.0 Å². The normalized spacial score (nSPS) is 40.0. The van der Waals surface area contributed by atoms with Crippen LogP contribution in [-0.2, 0) is 0 Å². The zero-order valence-electron chi connectivity index (χ0n) is 12.3. The third-order valence-corrected chi connectivity index (χ3v) is 4.95. The average Bonchev–Trinajstić information content (AvgIpc) is 2.34. The van der Waals surface area contributed by atoms with Gasteiger partial charge in [-0.05, 0) is 44.6 Å². The topological polar surface area (TPSA) is 26.7 Å². The second-order valence-electron chi connectivity index (χ2n) is 6.48. The second-order valence-corrected chi connectivity index (χ2v) is 6.48. The van der Waals surface area contributed by atoms with Crippen molar-refractivity contribution in [2.45, 2.75) is 52.2 Å². The number of hydrogen-bond donors (Lipinski definition) is 1. The molecule has 0 aromatic rings. The predicted octanol–water partition coefficient (Wildman–Crippen LogP) is 1.81. The molecule has 18 heavy (non-hydrogen) atoms. The SMILES string of the molecule is CCN1CCN(CC2CC(C)CCC2O)CC1C. The van der Waals surface area contributed by atoms with E-state index < -0.39 is 0 Å². The van der Waals surface area contributed by atoms with Gasteiger partial charge < -0.3 is 10.0 Å². The van der Waals surface area contributed by atoms with E-state index in [2.05, 4.69) is 30.6 Å². The molecule has 3 nitrogen and oxygen atoms in total. The van der Waals surface area contributed by atoms with Crippen LogP contribution in [0.2, 0.25) is 0 Å². The molecule has 1 aliphatic heterocycles. The number of likely N-dealkylation sites (N-methyl/N-ethyl adjacent to an activating group) is 1. The fraction of sp³-hybridized carbons (Fsp3) is 1.00. The van der Waals surface area contributed by atoms with E-state index in [1.54, 1.807) is 0 Å². The molecule has 0 aromatic carbocycles. The van der Waals surface area contributed by atoms with Crippen LogP contribution in [0.1, 0.15) is 40.0 Å². The van der Waals surface area contributed by atoms with E-state index in [4.69, 9.17) is 0 Å². The van der Waals surface area contributed by atoms with Crippen molar-refractivity contribution in [2.75, 3.05) is 32.7 Å².